The van der Waals surface area contributed by atoms with Gasteiger partial charge in [0.05, 0.1) is 6.04 Å². The van der Waals surface area contributed by atoms with Crippen molar-refractivity contribution in [2.75, 3.05) is 0 Å². The van der Waals surface area contributed by atoms with Crippen molar-refractivity contribution in [1.29, 1.82) is 0 Å². The summed E-state index contributed by atoms with van der Waals surface area (Å²) in [6, 6.07) is 1.31. The van der Waals surface area contributed by atoms with Gasteiger partial charge in [-0.05, 0) is 25.2 Å². The van der Waals surface area contributed by atoms with E-state index in [1.165, 1.54) is 18.5 Å². The molecule has 1 aromatic rings. The van der Waals surface area contributed by atoms with Crippen LogP contribution in [0.25, 0.3) is 0 Å². The first kappa shape index (κ1) is 7.56. The van der Waals surface area contributed by atoms with E-state index < -0.39 is 0 Å². The molecule has 0 radical (unpaired) electrons. The van der Waals surface area contributed by atoms with Crippen molar-refractivity contribution in [3.63, 3.8) is 0 Å². The molecule has 1 aromatic heterocycles. The lowest BCUT2D eigenvalue weighted by molar-refractivity contribution is 0.542. The number of fused-ring (bicyclic) bond motifs is 1. The van der Waals surface area contributed by atoms with Gasteiger partial charge in [-0.1, -0.05) is 6.92 Å². The highest BCUT2D eigenvalue weighted by Gasteiger charge is 2.46. The van der Waals surface area contributed by atoms with Gasteiger partial charge in [0.2, 0.25) is 0 Å². The van der Waals surface area contributed by atoms with Crippen molar-refractivity contribution >= 4 is 0 Å². The van der Waals surface area contributed by atoms with E-state index in [-0.39, 0.29) is 0 Å². The quantitative estimate of drug-likeness (QED) is 0.716. The van der Waals surface area contributed by atoms with Crippen molar-refractivity contribution in [2.24, 2.45) is 5.92 Å². The van der Waals surface area contributed by atoms with Crippen molar-refractivity contribution in [3.8, 4) is 0 Å². The SMILES string of the molecule is CCc1cnc(C2CC3CC3N2)[nH]1. The second kappa shape index (κ2) is 2.58. The molecule has 0 aromatic carbocycles. The predicted octanol–water partition coefficient (Wildman–Crippen LogP) is 1.40. The summed E-state index contributed by atoms with van der Waals surface area (Å²) in [6.07, 6.45) is 5.67. The Balaban J connectivity index is 1.77. The molecule has 2 heterocycles. The summed E-state index contributed by atoms with van der Waals surface area (Å²) in [5.74, 6) is 2.09. The normalized spacial score (nSPS) is 36.2. The van der Waals surface area contributed by atoms with Crippen LogP contribution in [0.3, 0.4) is 0 Å². The lowest BCUT2D eigenvalue weighted by Gasteiger charge is -2.09. The minimum atomic E-state index is 0.504. The molecule has 2 aliphatic rings. The van der Waals surface area contributed by atoms with E-state index in [2.05, 4.69) is 22.2 Å². The molecule has 2 fully saturated rings. The Morgan fingerprint density at radius 3 is 3.08 bits per heavy atom. The van der Waals surface area contributed by atoms with Crippen molar-refractivity contribution in [3.05, 3.63) is 17.7 Å². The van der Waals surface area contributed by atoms with Gasteiger partial charge in [0, 0.05) is 17.9 Å². The van der Waals surface area contributed by atoms with E-state index >= 15 is 0 Å². The summed E-state index contributed by atoms with van der Waals surface area (Å²) in [5.41, 5.74) is 1.25. The highest BCUT2D eigenvalue weighted by Crippen LogP contribution is 2.45. The lowest BCUT2D eigenvalue weighted by Crippen LogP contribution is -2.18. The third-order valence-electron chi connectivity index (χ3n) is 3.24. The van der Waals surface area contributed by atoms with E-state index in [1.54, 1.807) is 0 Å². The molecule has 1 saturated heterocycles. The Bertz CT molecular complexity index is 308. The number of rotatable bonds is 2. The number of nitrogens with one attached hydrogen (secondary N) is 2. The largest absolute Gasteiger partial charge is 0.345 e. The Labute approximate surface area is 78.0 Å². The minimum Gasteiger partial charge on any atom is -0.345 e. The number of hydrogen-bond donors (Lipinski definition) is 2. The second-order valence-electron chi connectivity index (χ2n) is 4.20. The number of nitrogens with zero attached hydrogens (tertiary/aromatic N) is 1. The zero-order chi connectivity index (χ0) is 8.84. The van der Waals surface area contributed by atoms with Gasteiger partial charge in [-0.15, -0.1) is 0 Å². The smallest absolute Gasteiger partial charge is 0.123 e. The fraction of sp³-hybridized carbons (Fsp3) is 0.700. The summed E-state index contributed by atoms with van der Waals surface area (Å²) in [4.78, 5) is 7.78. The Morgan fingerprint density at radius 2 is 2.46 bits per heavy atom. The van der Waals surface area contributed by atoms with Crippen LogP contribution in [0.15, 0.2) is 6.20 Å². The van der Waals surface area contributed by atoms with Crippen LogP contribution in [0, 0.1) is 5.92 Å². The number of aromatic amines is 1. The number of H-pyrrole nitrogens is 1. The minimum absolute atomic E-state index is 0.504. The van der Waals surface area contributed by atoms with Gasteiger partial charge in [0.1, 0.15) is 5.82 Å². The molecule has 3 atom stereocenters. The van der Waals surface area contributed by atoms with Crippen LogP contribution in [0.5, 0.6) is 0 Å². The third kappa shape index (κ3) is 1.18. The summed E-state index contributed by atoms with van der Waals surface area (Å²) in [7, 11) is 0. The second-order valence-corrected chi connectivity index (χ2v) is 4.20. The lowest BCUT2D eigenvalue weighted by atomic mass is 10.2. The van der Waals surface area contributed by atoms with Crippen molar-refractivity contribution < 1.29 is 0 Å². The molecule has 0 spiro atoms. The summed E-state index contributed by atoms with van der Waals surface area (Å²) >= 11 is 0. The van der Waals surface area contributed by atoms with Gasteiger partial charge < -0.3 is 10.3 Å². The van der Waals surface area contributed by atoms with E-state index in [1.807, 2.05) is 6.20 Å². The fourth-order valence-corrected chi connectivity index (χ4v) is 2.27. The van der Waals surface area contributed by atoms with Gasteiger partial charge in [-0.2, -0.15) is 0 Å². The van der Waals surface area contributed by atoms with E-state index in [0.29, 0.717) is 6.04 Å². The molecule has 0 amide bonds. The maximum absolute atomic E-state index is 4.41. The van der Waals surface area contributed by atoms with Crippen molar-refractivity contribution in [1.82, 2.24) is 15.3 Å². The predicted molar refractivity (Wildman–Crippen MR) is 50.4 cm³/mol. The van der Waals surface area contributed by atoms with Gasteiger partial charge in [-0.3, -0.25) is 0 Å². The number of hydrogen-bond acceptors (Lipinski definition) is 2. The van der Waals surface area contributed by atoms with Gasteiger partial charge in [-0.25, -0.2) is 4.98 Å². The van der Waals surface area contributed by atoms with Crippen LogP contribution < -0.4 is 5.32 Å². The highest BCUT2D eigenvalue weighted by atomic mass is 15.1. The molecular formula is C10H15N3. The maximum Gasteiger partial charge on any atom is 0.123 e. The van der Waals surface area contributed by atoms with Gasteiger partial charge in [0.25, 0.3) is 0 Å². The maximum atomic E-state index is 4.41. The Kier molecular flexibility index (Phi) is 1.50. The third-order valence-corrected chi connectivity index (χ3v) is 3.24. The highest BCUT2D eigenvalue weighted by molar-refractivity contribution is 5.12. The zero-order valence-corrected chi connectivity index (χ0v) is 7.88. The van der Waals surface area contributed by atoms with E-state index in [0.717, 1.165) is 24.2 Å². The molecule has 3 rings (SSSR count). The summed E-state index contributed by atoms with van der Waals surface area (Å²) < 4.78 is 0. The van der Waals surface area contributed by atoms with Crippen LogP contribution >= 0.6 is 0 Å². The van der Waals surface area contributed by atoms with E-state index in [4.69, 9.17) is 0 Å². The molecule has 1 aliphatic heterocycles. The molecular weight excluding hydrogens is 162 g/mol. The first-order chi connectivity index (χ1) is 6.36. The van der Waals surface area contributed by atoms with E-state index in [9.17, 15) is 0 Å². The van der Waals surface area contributed by atoms with Gasteiger partial charge >= 0.3 is 0 Å². The number of imidazole rings is 1. The van der Waals surface area contributed by atoms with Crippen LogP contribution in [0.1, 0.15) is 37.3 Å². The molecule has 0 bridgehead atoms. The standard InChI is InChI=1S/C10H15N3/c1-2-7-5-11-10(12-7)9-4-6-3-8(6)13-9/h5-6,8-9,13H,2-4H2,1H3,(H,11,12). The Morgan fingerprint density at radius 1 is 1.54 bits per heavy atom. The van der Waals surface area contributed by atoms with Gasteiger partial charge in [0.15, 0.2) is 0 Å². The summed E-state index contributed by atoms with van der Waals surface area (Å²) in [6.45, 7) is 2.15. The monoisotopic (exact) mass is 177 g/mol. The van der Waals surface area contributed by atoms with Crippen molar-refractivity contribution in [2.45, 2.75) is 38.3 Å². The number of aryl methyl sites for hydroxylation is 1. The first-order valence-electron chi connectivity index (χ1n) is 5.16. The first-order valence-corrected chi connectivity index (χ1v) is 5.16. The Hall–Kier alpha value is -0.830. The van der Waals surface area contributed by atoms with Crippen LogP contribution in [-0.2, 0) is 6.42 Å². The number of aromatic nitrogens is 2. The molecule has 3 unspecified atom stereocenters. The van der Waals surface area contributed by atoms with Crippen LogP contribution in [0.4, 0.5) is 0 Å². The molecule has 1 aliphatic carbocycles. The van der Waals surface area contributed by atoms with Crippen LogP contribution in [0.2, 0.25) is 0 Å². The molecule has 3 nitrogen and oxygen atoms in total. The zero-order valence-electron chi connectivity index (χ0n) is 7.88. The molecule has 2 N–H and O–H groups in total. The fourth-order valence-electron chi connectivity index (χ4n) is 2.27. The average molecular weight is 177 g/mol. The number of piperidine rings is 1. The summed E-state index contributed by atoms with van der Waals surface area (Å²) in [5, 5.41) is 3.59. The van der Waals surface area contributed by atoms with Crippen LogP contribution in [-0.4, -0.2) is 16.0 Å². The topological polar surface area (TPSA) is 40.7 Å². The molecule has 1 saturated carbocycles. The molecule has 70 valence electrons. The molecule has 3 heteroatoms. The molecule has 13 heavy (non-hydrogen) atoms. The average Bonchev–Trinajstić information content (AvgIpc) is 2.67.